The maximum atomic E-state index is 7.34. The van der Waals surface area contributed by atoms with E-state index in [0.717, 1.165) is 33.5 Å². The summed E-state index contributed by atoms with van der Waals surface area (Å²) in [7, 11) is 2.06. The average molecular weight is 329 g/mol. The third-order valence-corrected chi connectivity index (χ3v) is 5.76. The van der Waals surface area contributed by atoms with Crippen LogP contribution in [-0.2, 0) is 7.05 Å². The van der Waals surface area contributed by atoms with Gasteiger partial charge in [0.1, 0.15) is 18.5 Å². The zero-order chi connectivity index (χ0) is 16.4. The first-order valence-electron chi connectivity index (χ1n) is 7.70. The second kappa shape index (κ2) is 4.56. The third-order valence-electron chi connectivity index (χ3n) is 4.71. The molecule has 24 heavy (non-hydrogen) atoms. The first-order chi connectivity index (χ1) is 11.7. The number of aryl methyl sites for hydroxylation is 2. The smallest absolute Gasteiger partial charge is 0.227 e. The zero-order valence-electron chi connectivity index (χ0n) is 13.3. The van der Waals surface area contributed by atoms with Gasteiger partial charge in [0.05, 0.1) is 17.5 Å². The number of nitrogens with zero attached hydrogens (tertiary/aromatic N) is 2. The van der Waals surface area contributed by atoms with Crippen LogP contribution >= 0.6 is 11.3 Å². The lowest BCUT2D eigenvalue weighted by atomic mass is 9.94. The molecule has 5 rings (SSSR count). The predicted molar refractivity (Wildman–Crippen MR) is 97.0 cm³/mol. The zero-order valence-corrected chi connectivity index (χ0v) is 14.1. The van der Waals surface area contributed by atoms with Gasteiger partial charge in [0.2, 0.25) is 5.69 Å². The Morgan fingerprint density at radius 3 is 2.83 bits per heavy atom. The van der Waals surface area contributed by atoms with Crippen molar-refractivity contribution in [1.29, 1.82) is 0 Å². The highest BCUT2D eigenvalue weighted by atomic mass is 32.1. The van der Waals surface area contributed by atoms with Gasteiger partial charge in [-0.2, -0.15) is 0 Å². The van der Waals surface area contributed by atoms with Gasteiger partial charge in [-0.1, -0.05) is 0 Å². The van der Waals surface area contributed by atoms with Crippen LogP contribution in [0.2, 0.25) is 0 Å². The number of ether oxygens (including phenoxy) is 1. The Bertz CT molecular complexity index is 1210. The quantitative estimate of drug-likeness (QED) is 0.270. The molecule has 0 fully saturated rings. The van der Waals surface area contributed by atoms with Crippen LogP contribution in [0, 0.1) is 13.5 Å². The van der Waals surface area contributed by atoms with E-state index in [1.807, 2.05) is 18.2 Å². The van der Waals surface area contributed by atoms with Crippen molar-refractivity contribution >= 4 is 37.9 Å². The molecule has 0 amide bonds. The molecule has 0 unspecified atom stereocenters. The molecule has 3 heterocycles. The monoisotopic (exact) mass is 329 g/mol. The summed E-state index contributed by atoms with van der Waals surface area (Å²) in [5.74, 6) is 1.64. The van der Waals surface area contributed by atoms with E-state index >= 15 is 0 Å². The second-order valence-electron chi connectivity index (χ2n) is 6.11. The number of hydrogen-bond donors (Lipinski definition) is 0. The SMILES string of the molecule is [C-]#[N+]c1cc2c3c([n+](C)ccc3c1)-c1c(cc3ccsc3c1C)O2. The molecule has 0 aliphatic carbocycles. The molecule has 3 nitrogen and oxygen atoms in total. The maximum Gasteiger partial charge on any atom is 0.227 e. The van der Waals surface area contributed by atoms with Gasteiger partial charge in [-0.15, -0.1) is 11.3 Å². The minimum atomic E-state index is 0.606. The van der Waals surface area contributed by atoms with Crippen molar-refractivity contribution in [2.24, 2.45) is 7.05 Å². The van der Waals surface area contributed by atoms with Crippen LogP contribution < -0.4 is 9.30 Å². The molecule has 0 bridgehead atoms. The Morgan fingerprint density at radius 2 is 2.00 bits per heavy atom. The lowest BCUT2D eigenvalue weighted by Gasteiger charge is -2.21. The number of aromatic nitrogens is 1. The number of hydrogen-bond acceptors (Lipinski definition) is 2. The second-order valence-corrected chi connectivity index (χ2v) is 7.03. The largest absolute Gasteiger partial charge is 0.457 e. The Morgan fingerprint density at radius 1 is 1.12 bits per heavy atom. The topological polar surface area (TPSA) is 17.5 Å². The van der Waals surface area contributed by atoms with Crippen LogP contribution in [0.15, 0.2) is 41.9 Å². The van der Waals surface area contributed by atoms with Crippen molar-refractivity contribution in [3.8, 4) is 22.8 Å². The molecule has 0 saturated carbocycles. The van der Waals surface area contributed by atoms with Gasteiger partial charge in [0, 0.05) is 10.8 Å². The number of fused-ring (bicyclic) bond motifs is 3. The molecule has 0 spiro atoms. The van der Waals surface area contributed by atoms with E-state index in [1.165, 1.54) is 15.6 Å². The van der Waals surface area contributed by atoms with Gasteiger partial charge in [-0.25, -0.2) is 9.41 Å². The fourth-order valence-corrected chi connectivity index (χ4v) is 4.53. The Kier molecular flexibility index (Phi) is 2.57. The molecule has 1 aliphatic heterocycles. The highest BCUT2D eigenvalue weighted by molar-refractivity contribution is 7.17. The Hall–Kier alpha value is -2.90. The van der Waals surface area contributed by atoms with E-state index < -0.39 is 0 Å². The molecule has 4 aromatic rings. The minimum absolute atomic E-state index is 0.606. The van der Waals surface area contributed by atoms with E-state index in [2.05, 4.69) is 47.1 Å². The molecule has 0 saturated heterocycles. The van der Waals surface area contributed by atoms with Crippen LogP contribution in [0.5, 0.6) is 11.5 Å². The number of rotatable bonds is 0. The molecule has 114 valence electrons. The summed E-state index contributed by atoms with van der Waals surface area (Å²) in [5, 5.41) is 5.45. The number of thiophene rings is 1. The fourth-order valence-electron chi connectivity index (χ4n) is 3.64. The summed E-state index contributed by atoms with van der Waals surface area (Å²) >= 11 is 1.76. The molecular formula is C20H13N2OS+. The van der Waals surface area contributed by atoms with Crippen molar-refractivity contribution in [3.05, 3.63) is 58.9 Å². The lowest BCUT2D eigenvalue weighted by molar-refractivity contribution is -0.659. The molecule has 0 atom stereocenters. The summed E-state index contributed by atoms with van der Waals surface area (Å²) in [4.78, 5) is 3.59. The van der Waals surface area contributed by atoms with Gasteiger partial charge in [-0.05, 0) is 52.9 Å². The molecular weight excluding hydrogens is 316 g/mol. The number of benzene rings is 2. The molecule has 4 heteroatoms. The van der Waals surface area contributed by atoms with Crippen molar-refractivity contribution in [2.75, 3.05) is 0 Å². The van der Waals surface area contributed by atoms with Gasteiger partial charge < -0.3 is 4.74 Å². The van der Waals surface area contributed by atoms with E-state index in [9.17, 15) is 0 Å². The van der Waals surface area contributed by atoms with Crippen LogP contribution in [0.3, 0.4) is 0 Å². The van der Waals surface area contributed by atoms with Gasteiger partial charge >= 0.3 is 0 Å². The van der Waals surface area contributed by atoms with Gasteiger partial charge in [0.25, 0.3) is 0 Å². The van der Waals surface area contributed by atoms with Crippen molar-refractivity contribution in [1.82, 2.24) is 0 Å². The summed E-state index contributed by atoms with van der Waals surface area (Å²) in [5.41, 5.74) is 4.17. The van der Waals surface area contributed by atoms with Crippen LogP contribution in [-0.4, -0.2) is 0 Å². The maximum absolute atomic E-state index is 7.34. The highest BCUT2D eigenvalue weighted by Gasteiger charge is 2.30. The van der Waals surface area contributed by atoms with Crippen molar-refractivity contribution in [2.45, 2.75) is 6.92 Å². The summed E-state index contributed by atoms with van der Waals surface area (Å²) in [6.45, 7) is 9.50. The normalized spacial score (nSPS) is 12.0. The summed E-state index contributed by atoms with van der Waals surface area (Å²) in [6, 6.07) is 10.1. The first kappa shape index (κ1) is 13.5. The van der Waals surface area contributed by atoms with E-state index in [0.29, 0.717) is 5.69 Å². The van der Waals surface area contributed by atoms with Crippen LogP contribution in [0.1, 0.15) is 5.56 Å². The summed E-state index contributed by atoms with van der Waals surface area (Å²) < 4.78 is 9.70. The average Bonchev–Trinajstić information content (AvgIpc) is 3.05. The van der Waals surface area contributed by atoms with Crippen LogP contribution in [0.25, 0.3) is 37.0 Å². The summed E-state index contributed by atoms with van der Waals surface area (Å²) in [6.07, 6.45) is 2.06. The van der Waals surface area contributed by atoms with Crippen molar-refractivity contribution < 1.29 is 9.30 Å². The number of pyridine rings is 1. The molecule has 2 aromatic carbocycles. The van der Waals surface area contributed by atoms with Crippen molar-refractivity contribution in [3.63, 3.8) is 0 Å². The third kappa shape index (κ3) is 1.62. The highest BCUT2D eigenvalue weighted by Crippen LogP contribution is 2.49. The molecule has 2 aromatic heterocycles. The Labute approximate surface area is 143 Å². The van der Waals surface area contributed by atoms with E-state index in [-0.39, 0.29) is 0 Å². The molecule has 0 radical (unpaired) electrons. The van der Waals surface area contributed by atoms with E-state index in [4.69, 9.17) is 11.3 Å². The lowest BCUT2D eigenvalue weighted by Crippen LogP contribution is -2.31. The minimum Gasteiger partial charge on any atom is -0.457 e. The van der Waals surface area contributed by atoms with Gasteiger partial charge in [0.15, 0.2) is 11.9 Å². The standard InChI is InChI=1S/C20H13N2OS/c1-11-17-15(9-13-5-7-24-20(11)13)23-16-10-14(21-2)8-12-4-6-22(3)19(17)18(12)16/h4-10H,1,3H3/q+1. The first-order valence-corrected chi connectivity index (χ1v) is 8.58. The Balaban J connectivity index is 2.01. The van der Waals surface area contributed by atoms with Gasteiger partial charge in [-0.3, -0.25) is 0 Å². The van der Waals surface area contributed by atoms with Crippen LogP contribution in [0.4, 0.5) is 5.69 Å². The fraction of sp³-hybridized carbons (Fsp3) is 0.100. The predicted octanol–water partition coefficient (Wildman–Crippen LogP) is 5.51. The molecule has 1 aliphatic rings. The molecule has 0 N–H and O–H groups in total. The van der Waals surface area contributed by atoms with E-state index in [1.54, 1.807) is 11.3 Å².